The molecule has 0 saturated heterocycles. The zero-order valence-corrected chi connectivity index (χ0v) is 10.7. The molecule has 3 nitrogen and oxygen atoms in total. The van der Waals surface area contributed by atoms with Crippen molar-refractivity contribution in [3.63, 3.8) is 0 Å². The van der Waals surface area contributed by atoms with Crippen molar-refractivity contribution in [3.05, 3.63) is 29.0 Å². The van der Waals surface area contributed by atoms with Crippen molar-refractivity contribution in [1.82, 2.24) is 10.4 Å². The Kier molecular flexibility index (Phi) is 5.74. The van der Waals surface area contributed by atoms with Gasteiger partial charge < -0.3 is 0 Å². The van der Waals surface area contributed by atoms with Gasteiger partial charge in [0.15, 0.2) is 0 Å². The van der Waals surface area contributed by atoms with Gasteiger partial charge in [-0.25, -0.2) is 0 Å². The van der Waals surface area contributed by atoms with Gasteiger partial charge in [0.25, 0.3) is 0 Å². The molecule has 0 aromatic carbocycles. The van der Waals surface area contributed by atoms with E-state index in [0.29, 0.717) is 10.9 Å². The molecule has 1 aromatic heterocycles. The molecule has 0 bridgehead atoms. The van der Waals surface area contributed by atoms with E-state index in [-0.39, 0.29) is 6.04 Å². The normalized spacial score (nSPS) is 13.1. The highest BCUT2D eigenvalue weighted by Crippen LogP contribution is 2.20. The largest absolute Gasteiger partial charge is 0.271 e. The molecule has 3 N–H and O–H groups in total. The summed E-state index contributed by atoms with van der Waals surface area (Å²) in [6.07, 6.45) is 6.53. The molecule has 16 heavy (non-hydrogen) atoms. The van der Waals surface area contributed by atoms with E-state index < -0.39 is 0 Å². The van der Waals surface area contributed by atoms with E-state index in [2.05, 4.69) is 24.3 Å². The van der Waals surface area contributed by atoms with Gasteiger partial charge in [0.1, 0.15) is 0 Å². The van der Waals surface area contributed by atoms with Gasteiger partial charge >= 0.3 is 0 Å². The Morgan fingerprint density at radius 3 is 2.62 bits per heavy atom. The number of nitrogens with one attached hydrogen (secondary N) is 1. The Morgan fingerprint density at radius 2 is 2.12 bits per heavy atom. The Labute approximate surface area is 102 Å². The second-order valence-electron chi connectivity index (χ2n) is 4.02. The van der Waals surface area contributed by atoms with Crippen LogP contribution in [0.1, 0.15) is 32.3 Å². The molecule has 0 aliphatic rings. The standard InChI is InChI=1S/C12H20ClN3/c1-3-9(4-2)12(16-14)7-10-5-6-15-8-11(10)13/h5-6,8-9,12,16H,3-4,7,14H2,1-2H3. The van der Waals surface area contributed by atoms with Crippen LogP contribution in [0, 0.1) is 5.92 Å². The van der Waals surface area contributed by atoms with Gasteiger partial charge in [-0.1, -0.05) is 38.3 Å². The fourth-order valence-electron chi connectivity index (χ4n) is 2.03. The predicted octanol–water partition coefficient (Wildman–Crippen LogP) is 2.55. The maximum atomic E-state index is 6.09. The molecule has 0 amide bonds. The molecule has 1 heterocycles. The summed E-state index contributed by atoms with van der Waals surface area (Å²) >= 11 is 6.09. The lowest BCUT2D eigenvalue weighted by atomic mass is 9.90. The number of rotatable bonds is 6. The SMILES string of the molecule is CCC(CC)C(Cc1ccncc1Cl)NN. The van der Waals surface area contributed by atoms with Crippen LogP contribution >= 0.6 is 11.6 Å². The van der Waals surface area contributed by atoms with Crippen molar-refractivity contribution in [2.45, 2.75) is 39.2 Å². The molecule has 0 saturated carbocycles. The van der Waals surface area contributed by atoms with Crippen LogP contribution in [0.15, 0.2) is 18.5 Å². The summed E-state index contributed by atoms with van der Waals surface area (Å²) in [5.74, 6) is 6.19. The minimum absolute atomic E-state index is 0.273. The predicted molar refractivity (Wildman–Crippen MR) is 68.1 cm³/mol. The molecular formula is C12H20ClN3. The number of pyridine rings is 1. The fourth-order valence-corrected chi connectivity index (χ4v) is 2.22. The van der Waals surface area contributed by atoms with Crippen molar-refractivity contribution in [2.75, 3.05) is 0 Å². The Hall–Kier alpha value is -0.640. The monoisotopic (exact) mass is 241 g/mol. The van der Waals surface area contributed by atoms with Crippen molar-refractivity contribution in [2.24, 2.45) is 11.8 Å². The lowest BCUT2D eigenvalue weighted by Crippen LogP contribution is -2.42. The van der Waals surface area contributed by atoms with Crippen LogP contribution in [-0.4, -0.2) is 11.0 Å². The van der Waals surface area contributed by atoms with Crippen LogP contribution in [0.25, 0.3) is 0 Å². The molecule has 1 atom stereocenters. The van der Waals surface area contributed by atoms with Gasteiger partial charge in [-0.05, 0) is 24.0 Å². The van der Waals surface area contributed by atoms with Crippen LogP contribution in [0.5, 0.6) is 0 Å². The highest BCUT2D eigenvalue weighted by molar-refractivity contribution is 6.31. The van der Waals surface area contributed by atoms with E-state index >= 15 is 0 Å². The van der Waals surface area contributed by atoms with E-state index in [0.717, 1.165) is 24.8 Å². The molecule has 1 aromatic rings. The molecule has 0 spiro atoms. The van der Waals surface area contributed by atoms with Crippen LogP contribution in [0.2, 0.25) is 5.02 Å². The number of halogens is 1. The van der Waals surface area contributed by atoms with Gasteiger partial charge in [0.05, 0.1) is 5.02 Å². The number of nitrogens with two attached hydrogens (primary N) is 1. The smallest absolute Gasteiger partial charge is 0.0621 e. The number of hydrogen-bond donors (Lipinski definition) is 2. The van der Waals surface area contributed by atoms with Crippen LogP contribution < -0.4 is 11.3 Å². The second kappa shape index (κ2) is 6.84. The minimum atomic E-state index is 0.273. The number of aromatic nitrogens is 1. The molecule has 0 aliphatic heterocycles. The van der Waals surface area contributed by atoms with Gasteiger partial charge in [0.2, 0.25) is 0 Å². The van der Waals surface area contributed by atoms with Crippen molar-refractivity contribution >= 4 is 11.6 Å². The quantitative estimate of drug-likeness (QED) is 0.595. The van der Waals surface area contributed by atoms with E-state index in [1.54, 1.807) is 12.4 Å². The van der Waals surface area contributed by atoms with Crippen LogP contribution in [0.3, 0.4) is 0 Å². The third-order valence-corrected chi connectivity index (χ3v) is 3.47. The first-order valence-electron chi connectivity index (χ1n) is 5.77. The van der Waals surface area contributed by atoms with Crippen molar-refractivity contribution in [1.29, 1.82) is 0 Å². The number of nitrogens with zero attached hydrogens (tertiary/aromatic N) is 1. The zero-order valence-electron chi connectivity index (χ0n) is 9.91. The molecule has 90 valence electrons. The van der Waals surface area contributed by atoms with E-state index in [1.165, 1.54) is 0 Å². The third kappa shape index (κ3) is 3.44. The van der Waals surface area contributed by atoms with Crippen LogP contribution in [-0.2, 0) is 6.42 Å². The maximum absolute atomic E-state index is 6.09. The first-order valence-corrected chi connectivity index (χ1v) is 6.15. The number of hydrazine groups is 1. The average Bonchev–Trinajstić information content (AvgIpc) is 2.31. The summed E-state index contributed by atoms with van der Waals surface area (Å²) < 4.78 is 0. The third-order valence-electron chi connectivity index (χ3n) is 3.13. The zero-order chi connectivity index (χ0) is 12.0. The minimum Gasteiger partial charge on any atom is -0.271 e. The lowest BCUT2D eigenvalue weighted by Gasteiger charge is -2.24. The fraction of sp³-hybridized carbons (Fsp3) is 0.583. The van der Waals surface area contributed by atoms with Gasteiger partial charge in [-0.15, -0.1) is 0 Å². The topological polar surface area (TPSA) is 50.9 Å². The Bertz CT molecular complexity index is 313. The first kappa shape index (κ1) is 13.4. The summed E-state index contributed by atoms with van der Waals surface area (Å²) in [4.78, 5) is 3.98. The molecule has 0 aliphatic carbocycles. The summed E-state index contributed by atoms with van der Waals surface area (Å²) in [5.41, 5.74) is 4.00. The second-order valence-corrected chi connectivity index (χ2v) is 4.43. The highest BCUT2D eigenvalue weighted by atomic mass is 35.5. The Morgan fingerprint density at radius 1 is 1.44 bits per heavy atom. The first-order chi connectivity index (χ1) is 7.72. The average molecular weight is 242 g/mol. The van der Waals surface area contributed by atoms with Gasteiger partial charge in [-0.2, -0.15) is 0 Å². The lowest BCUT2D eigenvalue weighted by molar-refractivity contribution is 0.335. The van der Waals surface area contributed by atoms with Gasteiger partial charge in [0, 0.05) is 18.4 Å². The Balaban J connectivity index is 2.73. The van der Waals surface area contributed by atoms with Crippen molar-refractivity contribution in [3.8, 4) is 0 Å². The molecule has 0 radical (unpaired) electrons. The van der Waals surface area contributed by atoms with Crippen molar-refractivity contribution < 1.29 is 0 Å². The molecule has 0 fully saturated rings. The molecule has 4 heteroatoms. The highest BCUT2D eigenvalue weighted by Gasteiger charge is 2.18. The summed E-state index contributed by atoms with van der Waals surface area (Å²) in [6.45, 7) is 4.37. The molecule has 1 rings (SSSR count). The van der Waals surface area contributed by atoms with Gasteiger partial charge in [-0.3, -0.25) is 16.3 Å². The van der Waals surface area contributed by atoms with Crippen LogP contribution in [0.4, 0.5) is 0 Å². The number of hydrogen-bond acceptors (Lipinski definition) is 3. The van der Waals surface area contributed by atoms with E-state index in [1.807, 2.05) is 6.07 Å². The van der Waals surface area contributed by atoms with E-state index in [9.17, 15) is 0 Å². The molecular weight excluding hydrogens is 222 g/mol. The summed E-state index contributed by atoms with van der Waals surface area (Å²) in [5, 5.41) is 0.716. The maximum Gasteiger partial charge on any atom is 0.0621 e. The molecule has 1 unspecified atom stereocenters. The summed E-state index contributed by atoms with van der Waals surface area (Å²) in [6, 6.07) is 2.23. The summed E-state index contributed by atoms with van der Waals surface area (Å²) in [7, 11) is 0. The van der Waals surface area contributed by atoms with E-state index in [4.69, 9.17) is 17.4 Å².